The Morgan fingerprint density at radius 1 is 1.36 bits per heavy atom. The van der Waals surface area contributed by atoms with Crippen LogP contribution in [0, 0.1) is 11.6 Å². The molecular weight excluding hydrogens is 290 g/mol. The Hall–Kier alpha value is -1.69. The minimum atomic E-state index is -0.851. The average molecular weight is 312 g/mol. The van der Waals surface area contributed by atoms with E-state index in [2.05, 4.69) is 5.32 Å². The fourth-order valence-corrected chi connectivity index (χ4v) is 2.41. The Labute approximate surface area is 129 Å². The summed E-state index contributed by atoms with van der Waals surface area (Å²) < 4.78 is 31.5. The fourth-order valence-electron chi connectivity index (χ4n) is 2.41. The summed E-state index contributed by atoms with van der Waals surface area (Å²) in [4.78, 5) is 13.7. The molecule has 1 atom stereocenters. The van der Waals surface area contributed by atoms with Gasteiger partial charge in [-0.1, -0.05) is 6.07 Å². The molecule has 0 aliphatic carbocycles. The summed E-state index contributed by atoms with van der Waals surface area (Å²) in [5.74, 6) is -1.70. The molecule has 0 radical (unpaired) electrons. The summed E-state index contributed by atoms with van der Waals surface area (Å²) in [5.41, 5.74) is 0.166. The molecule has 4 nitrogen and oxygen atoms in total. The SMILES string of the molecule is CC(C)(C)OC(=O)N1CCNC(Cc2ccc(F)c(F)c2)C1. The van der Waals surface area contributed by atoms with Crippen molar-refractivity contribution in [3.05, 3.63) is 35.4 Å². The minimum Gasteiger partial charge on any atom is -0.444 e. The zero-order chi connectivity index (χ0) is 16.3. The Balaban J connectivity index is 1.95. The van der Waals surface area contributed by atoms with E-state index in [1.807, 2.05) is 20.8 Å². The van der Waals surface area contributed by atoms with Gasteiger partial charge in [-0.15, -0.1) is 0 Å². The highest BCUT2D eigenvalue weighted by Gasteiger charge is 2.27. The molecule has 122 valence electrons. The summed E-state index contributed by atoms with van der Waals surface area (Å²) in [6, 6.07) is 3.88. The predicted octanol–water partition coefficient (Wildman–Crippen LogP) is 2.72. The van der Waals surface area contributed by atoms with Gasteiger partial charge in [0.15, 0.2) is 11.6 Å². The lowest BCUT2D eigenvalue weighted by Gasteiger charge is -2.35. The molecule has 1 aliphatic heterocycles. The molecule has 1 aliphatic rings. The summed E-state index contributed by atoms with van der Waals surface area (Å²) in [6.07, 6.45) is 0.181. The predicted molar refractivity (Wildman–Crippen MR) is 79.7 cm³/mol. The molecule has 6 heteroatoms. The van der Waals surface area contributed by atoms with Crippen LogP contribution < -0.4 is 5.32 Å². The number of nitrogens with one attached hydrogen (secondary N) is 1. The van der Waals surface area contributed by atoms with Crippen molar-refractivity contribution < 1.29 is 18.3 Å². The molecule has 0 bridgehead atoms. The number of nitrogens with zero attached hydrogens (tertiary/aromatic N) is 1. The summed E-state index contributed by atoms with van der Waals surface area (Å²) in [7, 11) is 0. The van der Waals surface area contributed by atoms with Crippen LogP contribution in [-0.4, -0.2) is 42.3 Å². The number of hydrogen-bond acceptors (Lipinski definition) is 3. The molecule has 1 amide bonds. The Morgan fingerprint density at radius 3 is 2.73 bits per heavy atom. The van der Waals surface area contributed by atoms with Gasteiger partial charge in [-0.2, -0.15) is 0 Å². The molecule has 1 aromatic rings. The van der Waals surface area contributed by atoms with E-state index in [0.29, 0.717) is 31.6 Å². The van der Waals surface area contributed by atoms with Gasteiger partial charge >= 0.3 is 6.09 Å². The highest BCUT2D eigenvalue weighted by atomic mass is 19.2. The highest BCUT2D eigenvalue weighted by Crippen LogP contribution is 2.15. The number of rotatable bonds is 2. The van der Waals surface area contributed by atoms with Crippen molar-refractivity contribution in [3.8, 4) is 0 Å². The van der Waals surface area contributed by atoms with Gasteiger partial charge in [0.05, 0.1) is 0 Å². The lowest BCUT2D eigenvalue weighted by Crippen LogP contribution is -2.54. The maximum atomic E-state index is 13.2. The molecule has 1 N–H and O–H groups in total. The van der Waals surface area contributed by atoms with Crippen molar-refractivity contribution in [3.63, 3.8) is 0 Å². The van der Waals surface area contributed by atoms with E-state index >= 15 is 0 Å². The lowest BCUT2D eigenvalue weighted by molar-refractivity contribution is 0.0195. The highest BCUT2D eigenvalue weighted by molar-refractivity contribution is 5.68. The van der Waals surface area contributed by atoms with Gasteiger partial charge in [0.25, 0.3) is 0 Å². The van der Waals surface area contributed by atoms with Gasteiger partial charge in [0, 0.05) is 25.7 Å². The lowest BCUT2D eigenvalue weighted by atomic mass is 10.0. The third-order valence-corrected chi connectivity index (χ3v) is 3.37. The number of amides is 1. The van der Waals surface area contributed by atoms with Crippen LogP contribution in [-0.2, 0) is 11.2 Å². The smallest absolute Gasteiger partial charge is 0.410 e. The number of carbonyl (C=O) groups excluding carboxylic acids is 1. The second kappa shape index (κ2) is 6.60. The number of benzene rings is 1. The van der Waals surface area contributed by atoms with Crippen LogP contribution in [0.25, 0.3) is 0 Å². The zero-order valence-electron chi connectivity index (χ0n) is 13.2. The average Bonchev–Trinajstić information content (AvgIpc) is 2.41. The first-order valence-corrected chi connectivity index (χ1v) is 7.40. The van der Waals surface area contributed by atoms with E-state index in [0.717, 1.165) is 6.07 Å². The first-order valence-electron chi connectivity index (χ1n) is 7.40. The van der Waals surface area contributed by atoms with E-state index in [1.54, 1.807) is 11.0 Å². The van der Waals surface area contributed by atoms with E-state index < -0.39 is 17.2 Å². The summed E-state index contributed by atoms with van der Waals surface area (Å²) in [6.45, 7) is 7.17. The molecule has 0 spiro atoms. The van der Waals surface area contributed by atoms with Gasteiger partial charge in [-0.05, 0) is 44.9 Å². The summed E-state index contributed by atoms with van der Waals surface area (Å²) >= 11 is 0. The first-order chi connectivity index (χ1) is 10.2. The number of carbonyl (C=O) groups is 1. The minimum absolute atomic E-state index is 0.00821. The molecule has 1 fully saturated rings. The second-order valence-electron chi connectivity index (χ2n) is 6.53. The Kier molecular flexibility index (Phi) is 5.01. The van der Waals surface area contributed by atoms with Crippen molar-refractivity contribution in [1.29, 1.82) is 0 Å². The zero-order valence-corrected chi connectivity index (χ0v) is 13.2. The van der Waals surface area contributed by atoms with Gasteiger partial charge in [-0.25, -0.2) is 13.6 Å². The number of piperazine rings is 1. The van der Waals surface area contributed by atoms with Crippen molar-refractivity contribution in [2.75, 3.05) is 19.6 Å². The van der Waals surface area contributed by atoms with Gasteiger partial charge in [-0.3, -0.25) is 0 Å². The first kappa shape index (κ1) is 16.7. The van der Waals surface area contributed by atoms with Gasteiger partial charge in [0.1, 0.15) is 5.60 Å². The standard InChI is InChI=1S/C16H22F2N2O2/c1-16(2,3)22-15(21)20-7-6-19-12(10-20)8-11-4-5-13(17)14(18)9-11/h4-5,9,12,19H,6-8,10H2,1-3H3. The molecule has 1 saturated heterocycles. The largest absolute Gasteiger partial charge is 0.444 e. The molecule has 0 saturated carbocycles. The second-order valence-corrected chi connectivity index (χ2v) is 6.53. The van der Waals surface area contributed by atoms with Gasteiger partial charge < -0.3 is 15.0 Å². The third kappa shape index (κ3) is 4.66. The molecule has 1 unspecified atom stereocenters. The van der Waals surface area contributed by atoms with Crippen molar-refractivity contribution in [1.82, 2.24) is 10.2 Å². The topological polar surface area (TPSA) is 41.6 Å². The van der Waals surface area contributed by atoms with E-state index in [-0.39, 0.29) is 12.1 Å². The maximum absolute atomic E-state index is 13.2. The van der Waals surface area contributed by atoms with Crippen LogP contribution >= 0.6 is 0 Å². The Morgan fingerprint density at radius 2 is 2.09 bits per heavy atom. The number of ether oxygens (including phenoxy) is 1. The van der Waals surface area contributed by atoms with Crippen molar-refractivity contribution in [2.45, 2.75) is 38.8 Å². The van der Waals surface area contributed by atoms with Crippen molar-refractivity contribution in [2.24, 2.45) is 0 Å². The van der Waals surface area contributed by atoms with Crippen LogP contribution in [0.4, 0.5) is 13.6 Å². The number of hydrogen-bond donors (Lipinski definition) is 1. The van der Waals surface area contributed by atoms with E-state index in [9.17, 15) is 13.6 Å². The van der Waals surface area contributed by atoms with Crippen LogP contribution in [0.1, 0.15) is 26.3 Å². The molecule has 22 heavy (non-hydrogen) atoms. The molecule has 1 heterocycles. The van der Waals surface area contributed by atoms with Crippen LogP contribution in [0.15, 0.2) is 18.2 Å². The van der Waals surface area contributed by atoms with E-state index in [1.165, 1.54) is 6.07 Å². The van der Waals surface area contributed by atoms with Crippen LogP contribution in [0.2, 0.25) is 0 Å². The monoisotopic (exact) mass is 312 g/mol. The van der Waals surface area contributed by atoms with Crippen LogP contribution in [0.5, 0.6) is 0 Å². The molecule has 0 aromatic heterocycles. The molecular formula is C16H22F2N2O2. The normalized spacial score (nSPS) is 19.1. The molecule has 2 rings (SSSR count). The fraction of sp³-hybridized carbons (Fsp3) is 0.562. The van der Waals surface area contributed by atoms with Crippen LogP contribution in [0.3, 0.4) is 0 Å². The third-order valence-electron chi connectivity index (χ3n) is 3.37. The van der Waals surface area contributed by atoms with Gasteiger partial charge in [0.2, 0.25) is 0 Å². The summed E-state index contributed by atoms with van der Waals surface area (Å²) in [5, 5.41) is 3.28. The van der Waals surface area contributed by atoms with E-state index in [4.69, 9.17) is 4.74 Å². The molecule has 1 aromatic carbocycles. The van der Waals surface area contributed by atoms with Crippen molar-refractivity contribution >= 4 is 6.09 Å². The quantitative estimate of drug-likeness (QED) is 0.913. The number of halogens is 2. The Bertz CT molecular complexity index is 543. The maximum Gasteiger partial charge on any atom is 0.410 e.